The Hall–Kier alpha value is -1.57. The van der Waals surface area contributed by atoms with Crippen molar-refractivity contribution in [2.45, 2.75) is 97.3 Å². The number of unbranched alkanes of at least 4 members (excludes halogenated alkanes) is 6. The molecule has 0 saturated heterocycles. The zero-order chi connectivity index (χ0) is 20.4. The first-order valence-electron chi connectivity index (χ1n) is 10.7. The molecule has 1 N–H and O–H groups in total. The maximum absolute atomic E-state index is 12.7. The normalized spacial score (nSPS) is 12.8. The van der Waals surface area contributed by atoms with E-state index in [0.29, 0.717) is 12.2 Å². The van der Waals surface area contributed by atoms with Crippen molar-refractivity contribution in [3.63, 3.8) is 0 Å². The number of rotatable bonds is 11. The Balaban J connectivity index is 2.61. The summed E-state index contributed by atoms with van der Waals surface area (Å²) in [5.41, 5.74) is 2.27. The number of benzene rings is 1. The van der Waals surface area contributed by atoms with Gasteiger partial charge in [0.15, 0.2) is 5.78 Å². The van der Waals surface area contributed by atoms with Crippen LogP contribution in [0.25, 0.3) is 0 Å². The van der Waals surface area contributed by atoms with Crippen LogP contribution in [-0.4, -0.2) is 10.9 Å². The minimum atomic E-state index is -0.195. The van der Waals surface area contributed by atoms with Crippen LogP contribution in [0.1, 0.15) is 115 Å². The predicted octanol–water partition coefficient (Wildman–Crippen LogP) is 7.30. The number of Topliss-reactive ketones (excluding diaryl/α,β-unsaturated/α-hetero) is 1. The maximum atomic E-state index is 12.7. The number of allylic oxidation sites excluding steroid dienone is 1. The first-order valence-corrected chi connectivity index (χ1v) is 10.1. The molecule has 26 heavy (non-hydrogen) atoms. The first kappa shape index (κ1) is 20.7. The van der Waals surface area contributed by atoms with E-state index in [1.807, 2.05) is 18.2 Å². The number of carbonyl (C=O) groups excluding carboxylic acids is 1. The van der Waals surface area contributed by atoms with E-state index in [4.69, 9.17) is 1.37 Å². The van der Waals surface area contributed by atoms with E-state index in [0.717, 1.165) is 48.8 Å². The zero-order valence-electron chi connectivity index (χ0n) is 18.4. The molecule has 0 fully saturated rings. The fourth-order valence-corrected chi connectivity index (χ4v) is 3.23. The number of ketones is 1. The molecule has 2 heteroatoms. The lowest BCUT2D eigenvalue weighted by molar-refractivity contribution is 0.0979. The highest BCUT2D eigenvalue weighted by molar-refractivity contribution is 5.96. The summed E-state index contributed by atoms with van der Waals surface area (Å²) in [7, 11) is 0. The molecular weight excluding hydrogens is 320 g/mol. The second-order valence-electron chi connectivity index (χ2n) is 8.69. The van der Waals surface area contributed by atoms with Crippen molar-refractivity contribution in [2.75, 3.05) is 0 Å². The fraction of sp³-hybridized carbons (Fsp3) is 0.625. The number of hydrogen-bond acceptors (Lipinski definition) is 2. The predicted molar refractivity (Wildman–Crippen MR) is 112 cm³/mol. The van der Waals surface area contributed by atoms with E-state index in [9.17, 15) is 9.90 Å². The first-order chi connectivity index (χ1) is 12.7. The van der Waals surface area contributed by atoms with Crippen LogP contribution in [0.15, 0.2) is 24.8 Å². The minimum Gasteiger partial charge on any atom is -0.507 e. The number of phenolic OH excluding ortho intramolecular Hbond substituents is 1. The second kappa shape index (κ2) is 10.5. The third kappa shape index (κ3) is 6.97. The number of aromatic hydroxyl groups is 1. The molecule has 2 nitrogen and oxygen atoms in total. The van der Waals surface area contributed by atoms with E-state index in [2.05, 4.69) is 34.6 Å². The summed E-state index contributed by atoms with van der Waals surface area (Å²) in [6.07, 6.45) is 10.2. The molecule has 0 saturated carbocycles. The summed E-state index contributed by atoms with van der Waals surface area (Å²) in [6.45, 7) is 11.7. The molecular formula is C24H38O2. The van der Waals surface area contributed by atoms with Gasteiger partial charge in [-0.05, 0) is 48.3 Å². The quantitative estimate of drug-likeness (QED) is 0.255. The number of hydrogen-bond donors (Lipinski definition) is 1. The Morgan fingerprint density at radius 3 is 2.35 bits per heavy atom. The molecule has 1 aromatic carbocycles. The molecule has 1 rings (SSSR count). The van der Waals surface area contributed by atoms with Crippen LogP contribution in [0.5, 0.6) is 5.75 Å². The summed E-state index contributed by atoms with van der Waals surface area (Å²) in [4.78, 5) is 12.7. The van der Waals surface area contributed by atoms with E-state index in [-0.39, 0.29) is 17.1 Å². The Morgan fingerprint density at radius 2 is 1.77 bits per heavy atom. The SMILES string of the molecule is [3H]C=CCCCCCCCCC(=O)c1cc(C(C)C)c(O)c(C(C)(C)C)c1. The van der Waals surface area contributed by atoms with E-state index in [1.54, 1.807) is 0 Å². The average Bonchev–Trinajstić information content (AvgIpc) is 2.59. The summed E-state index contributed by atoms with van der Waals surface area (Å²) in [6, 6.07) is 3.78. The van der Waals surface area contributed by atoms with Gasteiger partial charge in [0.25, 0.3) is 0 Å². The standard InChI is InChI=1S/C24H38O2/c1-7-8-9-10-11-12-13-14-15-22(25)19-16-20(18(2)3)23(26)21(17-19)24(4,5)6/h7,16-18,26H,1,8-15H2,2-6H3/i1T. The van der Waals surface area contributed by atoms with Gasteiger partial charge >= 0.3 is 0 Å². The van der Waals surface area contributed by atoms with Crippen LogP contribution < -0.4 is 0 Å². The molecule has 0 aliphatic carbocycles. The lowest BCUT2D eigenvalue weighted by Crippen LogP contribution is -2.14. The van der Waals surface area contributed by atoms with Gasteiger partial charge in [0.05, 0.1) is 1.37 Å². The van der Waals surface area contributed by atoms with Gasteiger partial charge in [-0.15, -0.1) is 6.55 Å². The molecule has 0 radical (unpaired) electrons. The van der Waals surface area contributed by atoms with Crippen molar-refractivity contribution in [1.82, 2.24) is 0 Å². The van der Waals surface area contributed by atoms with Crippen molar-refractivity contribution in [3.8, 4) is 5.75 Å². The van der Waals surface area contributed by atoms with E-state index < -0.39 is 0 Å². The lowest BCUT2D eigenvalue weighted by Gasteiger charge is -2.24. The van der Waals surface area contributed by atoms with Gasteiger partial charge in [-0.3, -0.25) is 4.79 Å². The molecule has 0 amide bonds. The van der Waals surface area contributed by atoms with Gasteiger partial charge in [-0.1, -0.05) is 66.4 Å². The Kier molecular flexibility index (Phi) is 8.41. The zero-order valence-corrected chi connectivity index (χ0v) is 17.4. The van der Waals surface area contributed by atoms with Crippen LogP contribution in [0.2, 0.25) is 0 Å². The van der Waals surface area contributed by atoms with Crippen LogP contribution >= 0.6 is 0 Å². The van der Waals surface area contributed by atoms with Gasteiger partial charge in [0, 0.05) is 17.5 Å². The molecule has 0 aliphatic heterocycles. The smallest absolute Gasteiger partial charge is 0.162 e. The summed E-state index contributed by atoms with van der Waals surface area (Å²) < 4.78 is 6.95. The maximum Gasteiger partial charge on any atom is 0.162 e. The molecule has 0 atom stereocenters. The third-order valence-corrected chi connectivity index (χ3v) is 4.92. The minimum absolute atomic E-state index is 0.183. The van der Waals surface area contributed by atoms with Crippen molar-refractivity contribution < 1.29 is 11.3 Å². The number of carbonyl (C=O) groups is 1. The van der Waals surface area contributed by atoms with Gasteiger partial charge in [0.2, 0.25) is 0 Å². The van der Waals surface area contributed by atoms with Crippen LogP contribution in [-0.2, 0) is 5.41 Å². The van der Waals surface area contributed by atoms with Crippen LogP contribution in [0, 0.1) is 0 Å². The molecule has 0 unspecified atom stereocenters. The van der Waals surface area contributed by atoms with Crippen LogP contribution in [0.4, 0.5) is 0 Å². The highest BCUT2D eigenvalue weighted by Gasteiger charge is 2.23. The summed E-state index contributed by atoms with van der Waals surface area (Å²) in [5.74, 6) is 0.709. The van der Waals surface area contributed by atoms with Gasteiger partial charge < -0.3 is 5.11 Å². The molecule has 0 heterocycles. The van der Waals surface area contributed by atoms with Crippen molar-refractivity contribution in [3.05, 3.63) is 41.5 Å². The Morgan fingerprint density at radius 1 is 1.15 bits per heavy atom. The Labute approximate surface area is 162 Å². The van der Waals surface area contributed by atoms with Gasteiger partial charge in [-0.25, -0.2) is 0 Å². The molecule has 0 aliphatic rings. The molecule has 0 aromatic heterocycles. The van der Waals surface area contributed by atoms with Crippen molar-refractivity contribution in [1.29, 1.82) is 0 Å². The molecule has 0 bridgehead atoms. The van der Waals surface area contributed by atoms with Crippen molar-refractivity contribution in [2.24, 2.45) is 0 Å². The summed E-state index contributed by atoms with van der Waals surface area (Å²) >= 11 is 0. The summed E-state index contributed by atoms with van der Waals surface area (Å²) in [5, 5.41) is 10.6. The fourth-order valence-electron chi connectivity index (χ4n) is 3.23. The highest BCUT2D eigenvalue weighted by atomic mass is 16.3. The van der Waals surface area contributed by atoms with E-state index >= 15 is 0 Å². The van der Waals surface area contributed by atoms with Gasteiger partial charge in [-0.2, -0.15) is 0 Å². The molecule has 1 aromatic rings. The van der Waals surface area contributed by atoms with Crippen molar-refractivity contribution >= 4 is 5.78 Å². The largest absolute Gasteiger partial charge is 0.507 e. The topological polar surface area (TPSA) is 37.3 Å². The average molecular weight is 361 g/mol. The Bertz CT molecular complexity index is 624. The molecule has 0 spiro atoms. The lowest BCUT2D eigenvalue weighted by atomic mass is 9.81. The second-order valence-corrected chi connectivity index (χ2v) is 8.69. The monoisotopic (exact) mass is 360 g/mol. The van der Waals surface area contributed by atoms with E-state index in [1.165, 1.54) is 19.4 Å². The number of phenols is 1. The highest BCUT2D eigenvalue weighted by Crippen LogP contribution is 2.37. The molecule has 146 valence electrons. The van der Waals surface area contributed by atoms with Crippen LogP contribution in [0.3, 0.4) is 0 Å². The van der Waals surface area contributed by atoms with Gasteiger partial charge in [0.1, 0.15) is 5.75 Å². The third-order valence-electron chi connectivity index (χ3n) is 4.92.